The molecule has 3 aromatic rings. The third-order valence-electron chi connectivity index (χ3n) is 4.85. The van der Waals surface area contributed by atoms with Crippen molar-refractivity contribution in [3.63, 3.8) is 0 Å². The minimum Gasteiger partial charge on any atom is -0.493 e. The van der Waals surface area contributed by atoms with E-state index in [9.17, 15) is 4.79 Å². The maximum atomic E-state index is 12.4. The number of carbonyl (C=O) groups is 1. The van der Waals surface area contributed by atoms with Gasteiger partial charge in [-0.05, 0) is 30.3 Å². The van der Waals surface area contributed by atoms with E-state index >= 15 is 0 Å². The third-order valence-corrected chi connectivity index (χ3v) is 5.79. The fourth-order valence-electron chi connectivity index (χ4n) is 3.18. The lowest BCUT2D eigenvalue weighted by atomic mass is 10.2. The summed E-state index contributed by atoms with van der Waals surface area (Å²) < 4.78 is 21.4. The number of esters is 1. The van der Waals surface area contributed by atoms with E-state index in [2.05, 4.69) is 14.9 Å². The first-order chi connectivity index (χ1) is 15.2. The van der Waals surface area contributed by atoms with Crippen LogP contribution in [0.25, 0.3) is 10.6 Å². The summed E-state index contributed by atoms with van der Waals surface area (Å²) in [6, 6.07) is 9.19. The lowest BCUT2D eigenvalue weighted by molar-refractivity contribution is 0.0468. The first kappa shape index (κ1) is 21.1. The van der Waals surface area contributed by atoms with Crippen LogP contribution in [0.1, 0.15) is 16.1 Å². The largest absolute Gasteiger partial charge is 0.493 e. The lowest BCUT2D eigenvalue weighted by Crippen LogP contribution is -2.36. The van der Waals surface area contributed by atoms with E-state index in [4.69, 9.17) is 18.9 Å². The van der Waals surface area contributed by atoms with Crippen LogP contribution < -0.4 is 14.4 Å². The smallest absolute Gasteiger partial charge is 0.340 e. The molecule has 0 amide bonds. The number of carbonyl (C=O) groups excluding carboxylic acids is 1. The molecule has 8 nitrogen and oxygen atoms in total. The minimum atomic E-state index is -0.429. The molecule has 0 spiro atoms. The van der Waals surface area contributed by atoms with Crippen LogP contribution in [-0.4, -0.2) is 56.5 Å². The molecule has 0 N–H and O–H groups in total. The summed E-state index contributed by atoms with van der Waals surface area (Å²) in [5.41, 5.74) is 2.00. The van der Waals surface area contributed by atoms with Gasteiger partial charge in [0.05, 0.1) is 38.7 Å². The fraction of sp³-hybridized carbons (Fsp3) is 0.318. The van der Waals surface area contributed by atoms with Crippen LogP contribution in [0.5, 0.6) is 11.5 Å². The average Bonchev–Trinajstić information content (AvgIpc) is 3.32. The van der Waals surface area contributed by atoms with Gasteiger partial charge in [-0.1, -0.05) is 0 Å². The van der Waals surface area contributed by atoms with Gasteiger partial charge in [-0.25, -0.2) is 14.8 Å². The zero-order valence-corrected chi connectivity index (χ0v) is 18.2. The molecule has 2 aromatic heterocycles. The zero-order valence-electron chi connectivity index (χ0n) is 17.4. The van der Waals surface area contributed by atoms with E-state index in [0.717, 1.165) is 29.5 Å². The number of morpholine rings is 1. The molecule has 9 heteroatoms. The van der Waals surface area contributed by atoms with Crippen LogP contribution in [-0.2, 0) is 16.1 Å². The van der Waals surface area contributed by atoms with Crippen LogP contribution in [0.15, 0.2) is 41.9 Å². The predicted octanol–water partition coefficient (Wildman–Crippen LogP) is 3.42. The summed E-state index contributed by atoms with van der Waals surface area (Å²) >= 11 is 1.47. The molecular formula is C22H23N3O5S. The molecule has 1 fully saturated rings. The van der Waals surface area contributed by atoms with E-state index in [1.807, 2.05) is 29.6 Å². The molecule has 0 aliphatic carbocycles. The summed E-state index contributed by atoms with van der Waals surface area (Å²) in [4.78, 5) is 23.5. The van der Waals surface area contributed by atoms with Gasteiger partial charge in [0.15, 0.2) is 11.5 Å². The van der Waals surface area contributed by atoms with Crippen molar-refractivity contribution < 1.29 is 23.7 Å². The Morgan fingerprint density at radius 2 is 1.94 bits per heavy atom. The topological polar surface area (TPSA) is 83.0 Å². The van der Waals surface area contributed by atoms with Gasteiger partial charge in [0.2, 0.25) is 0 Å². The van der Waals surface area contributed by atoms with Crippen molar-refractivity contribution in [2.24, 2.45) is 0 Å². The fourth-order valence-corrected chi connectivity index (χ4v) is 3.99. The number of aromatic nitrogens is 2. The molecule has 0 atom stereocenters. The Bertz CT molecular complexity index is 1030. The quantitative estimate of drug-likeness (QED) is 0.516. The summed E-state index contributed by atoms with van der Waals surface area (Å²) in [5.74, 6) is 1.70. The number of nitrogens with zero attached hydrogens (tertiary/aromatic N) is 3. The highest BCUT2D eigenvalue weighted by molar-refractivity contribution is 7.13. The molecule has 0 unspecified atom stereocenters. The molecule has 162 valence electrons. The van der Waals surface area contributed by atoms with Gasteiger partial charge in [0.25, 0.3) is 0 Å². The Hall–Kier alpha value is -3.17. The predicted molar refractivity (Wildman–Crippen MR) is 117 cm³/mol. The molecular weight excluding hydrogens is 418 g/mol. The number of benzene rings is 1. The number of ether oxygens (including phenoxy) is 4. The van der Waals surface area contributed by atoms with Gasteiger partial charge in [0, 0.05) is 30.2 Å². The van der Waals surface area contributed by atoms with Gasteiger partial charge in [0.1, 0.15) is 17.4 Å². The number of thiazole rings is 1. The van der Waals surface area contributed by atoms with Crippen molar-refractivity contribution in [3.8, 4) is 22.1 Å². The van der Waals surface area contributed by atoms with Crippen LogP contribution in [0.4, 0.5) is 5.82 Å². The zero-order chi connectivity index (χ0) is 21.6. The van der Waals surface area contributed by atoms with Crippen molar-refractivity contribution in [1.29, 1.82) is 0 Å². The van der Waals surface area contributed by atoms with Crippen LogP contribution in [0.2, 0.25) is 0 Å². The first-order valence-corrected chi connectivity index (χ1v) is 10.7. The summed E-state index contributed by atoms with van der Waals surface area (Å²) in [7, 11) is 3.19. The maximum absolute atomic E-state index is 12.4. The van der Waals surface area contributed by atoms with Crippen LogP contribution in [0.3, 0.4) is 0 Å². The standard InChI is InChI=1S/C22H23N3O5S/c1-27-18-5-3-15(11-19(18)28-2)21-24-17(14-31-21)13-30-22(26)16-4-6-20(23-12-16)25-7-9-29-10-8-25/h3-6,11-12,14H,7-10,13H2,1-2H3. The first-order valence-electron chi connectivity index (χ1n) is 9.80. The Kier molecular flexibility index (Phi) is 6.63. The highest BCUT2D eigenvalue weighted by Crippen LogP contribution is 2.33. The van der Waals surface area contributed by atoms with Gasteiger partial charge in [-0.3, -0.25) is 0 Å². The number of rotatable bonds is 7. The number of hydrogen-bond donors (Lipinski definition) is 0. The number of hydrogen-bond acceptors (Lipinski definition) is 9. The molecule has 1 aliphatic heterocycles. The van der Waals surface area contributed by atoms with Crippen molar-refractivity contribution in [2.45, 2.75) is 6.61 Å². The van der Waals surface area contributed by atoms with Crippen LogP contribution >= 0.6 is 11.3 Å². The normalized spacial score (nSPS) is 13.7. The van der Waals surface area contributed by atoms with E-state index < -0.39 is 5.97 Å². The monoisotopic (exact) mass is 441 g/mol. The second-order valence-corrected chi connectivity index (χ2v) is 7.65. The Morgan fingerprint density at radius 1 is 1.13 bits per heavy atom. The molecule has 4 rings (SSSR count). The van der Waals surface area contributed by atoms with Gasteiger partial charge >= 0.3 is 5.97 Å². The molecule has 0 saturated carbocycles. The molecule has 0 bridgehead atoms. The minimum absolute atomic E-state index is 0.0911. The van der Waals surface area contributed by atoms with Crippen molar-refractivity contribution >= 4 is 23.1 Å². The van der Waals surface area contributed by atoms with E-state index in [0.29, 0.717) is 36.0 Å². The molecule has 3 heterocycles. The Morgan fingerprint density at radius 3 is 2.65 bits per heavy atom. The van der Waals surface area contributed by atoms with Gasteiger partial charge in [-0.2, -0.15) is 0 Å². The lowest BCUT2D eigenvalue weighted by Gasteiger charge is -2.27. The molecule has 1 saturated heterocycles. The van der Waals surface area contributed by atoms with Gasteiger partial charge < -0.3 is 23.8 Å². The van der Waals surface area contributed by atoms with Crippen molar-refractivity contribution in [1.82, 2.24) is 9.97 Å². The molecule has 31 heavy (non-hydrogen) atoms. The number of pyridine rings is 1. The SMILES string of the molecule is COc1ccc(-c2nc(COC(=O)c3ccc(N4CCOCC4)nc3)cs2)cc1OC. The molecule has 1 aromatic carbocycles. The van der Waals surface area contributed by atoms with Crippen LogP contribution in [0, 0.1) is 0 Å². The van der Waals surface area contributed by atoms with E-state index in [1.54, 1.807) is 26.5 Å². The summed E-state index contributed by atoms with van der Waals surface area (Å²) in [5, 5.41) is 2.68. The second-order valence-electron chi connectivity index (χ2n) is 6.79. The van der Waals surface area contributed by atoms with Crippen molar-refractivity contribution in [3.05, 3.63) is 53.2 Å². The Labute approximate surface area is 184 Å². The highest BCUT2D eigenvalue weighted by Gasteiger charge is 2.15. The summed E-state index contributed by atoms with van der Waals surface area (Å²) in [6.07, 6.45) is 1.54. The molecule has 0 radical (unpaired) electrons. The highest BCUT2D eigenvalue weighted by atomic mass is 32.1. The maximum Gasteiger partial charge on any atom is 0.340 e. The average molecular weight is 442 g/mol. The molecule has 1 aliphatic rings. The second kappa shape index (κ2) is 9.76. The van der Waals surface area contributed by atoms with Crippen molar-refractivity contribution in [2.75, 3.05) is 45.4 Å². The van der Waals surface area contributed by atoms with E-state index in [1.165, 1.54) is 11.3 Å². The number of anilines is 1. The Balaban J connectivity index is 1.36. The van der Waals surface area contributed by atoms with E-state index in [-0.39, 0.29) is 6.61 Å². The third kappa shape index (κ3) is 4.95. The van der Waals surface area contributed by atoms with Gasteiger partial charge in [-0.15, -0.1) is 11.3 Å². The summed E-state index contributed by atoms with van der Waals surface area (Å²) in [6.45, 7) is 3.05. The number of methoxy groups -OCH3 is 2.